The first-order chi connectivity index (χ1) is 59.9. The van der Waals surface area contributed by atoms with Crippen molar-refractivity contribution in [2.75, 3.05) is 67.2 Å². The Kier molecular flexibility index (Phi) is 41.3. The standard InChI is InChI=1S/C14H13F2N2.C12H10F2N3.4C10H8F3N3.C9H4F2N3.C8H3F2N4.4Pt/c1-14(2,3)9-6-7-17-11(8-9)10-4-5-12(15)18-13(10)16;1-17(2)8-5-6-15-10(7-8)9-3-4-11(13)16-12(9)14;4*1-15-6-14-16(7-15)9-4-2-8(3-5-9)10(11,12)13;10-7-3-2-6(8(11)14-7)9-12-4-1-5-13-9;9-6-2-1-5(7(10)14-6)8-12-3-11-4-13-8;;;;/h5-8H,1-3H3;4-7H,1-2H3;4*2-4,6-7H,1H3;1,3-5H;2-4H;;;;/q2*-1;4*-2;2*-1;;;;. The molecule has 8 aromatic heterocycles. The largest absolute Gasteiger partial charge is 0.493 e. The predicted molar refractivity (Wildman–Crippen MR) is 425 cm³/mol. The normalized spacial score (nSPS) is 12.9. The Hall–Kier alpha value is -11.9. The van der Waals surface area contributed by atoms with E-state index >= 15 is 0 Å². The van der Waals surface area contributed by atoms with Crippen LogP contribution in [0, 0.1) is 123 Å². The molecule has 0 aliphatic carbocycles. The first-order valence-electron chi connectivity index (χ1n) is 35.8. The summed E-state index contributed by atoms with van der Waals surface area (Å²) in [5.41, 5.74) is 1.65. The van der Waals surface area contributed by atoms with Crippen molar-refractivity contribution in [1.82, 2.24) is 74.4 Å². The van der Waals surface area contributed by atoms with Crippen molar-refractivity contribution in [3.63, 3.8) is 0 Å². The zero-order valence-electron chi connectivity index (χ0n) is 68.3. The van der Waals surface area contributed by atoms with Gasteiger partial charge in [-0.3, -0.25) is 39.9 Å². The minimum absolute atomic E-state index is 0. The molecule has 12 heterocycles. The smallest absolute Gasteiger partial charge is 0.370 e. The van der Waals surface area contributed by atoms with Crippen molar-refractivity contribution in [2.45, 2.75) is 50.9 Å². The molecule has 0 saturated heterocycles. The molecule has 0 amide bonds. The molecule has 0 bridgehead atoms. The summed E-state index contributed by atoms with van der Waals surface area (Å²) in [5.74, 6) is -7.17. The third-order valence-corrected chi connectivity index (χ3v) is 16.0. The van der Waals surface area contributed by atoms with E-state index in [1.165, 1.54) is 69.3 Å². The number of benzene rings is 4. The number of hydrogen-bond acceptors (Lipinski definition) is 24. The number of pyridine rings is 6. The number of rotatable bonds is 9. The fourth-order valence-corrected chi connectivity index (χ4v) is 9.75. The van der Waals surface area contributed by atoms with Gasteiger partial charge in [-0.2, -0.15) is 146 Å². The second-order valence-electron chi connectivity index (χ2n) is 26.8. The van der Waals surface area contributed by atoms with E-state index in [-0.39, 0.29) is 124 Å². The Labute approximate surface area is 794 Å². The SMILES string of the molecule is CC(C)(C)c1ccnc(-c2[c-]cc(F)nc2F)c1.CN(C)c1ccnc(-c2[c-]cc(F)nc2F)c1.CN1C=NN(c2[c-]cc(C(F)(F)F)cc2)[CH-]1.CN1C=NN(c2[c-]cc(C(F)(F)F)cc2)[CH-]1.CN1C=NN(c2[c-]cc(C(F)(F)F)cc2)[CH-]1.CN1C=NN(c2[c-]cc(C(F)(F)F)cc2)[CH-]1.Fc1c[c-]c(-c2ncccn2)c(F)n1.Fc1c[c-]c(-c2ncncn2)c(F)n1.[Pt].[Pt].[Pt].[Pt]. The first kappa shape index (κ1) is 110. The molecule has 0 fully saturated rings. The molecule has 48 heteroatoms. The van der Waals surface area contributed by atoms with E-state index in [0.717, 1.165) is 84.0 Å². The maximum atomic E-state index is 13.5. The van der Waals surface area contributed by atoms with Gasteiger partial charge in [0, 0.05) is 129 Å². The van der Waals surface area contributed by atoms with Gasteiger partial charge in [0.15, 0.2) is 0 Å². The molecule has 24 nitrogen and oxygen atoms in total. The minimum Gasteiger partial charge on any atom is -0.493 e. The average molecular weight is 2560 g/mol. The van der Waals surface area contributed by atoms with E-state index in [0.29, 0.717) is 34.1 Å². The molecule has 16 rings (SSSR count). The molecule has 4 aliphatic heterocycles. The fourth-order valence-electron chi connectivity index (χ4n) is 9.75. The van der Waals surface area contributed by atoms with Crippen LogP contribution in [0.2, 0.25) is 0 Å². The molecule has 0 saturated carbocycles. The summed E-state index contributed by atoms with van der Waals surface area (Å²) in [6.45, 7) is 12.7. The Bertz CT molecular complexity index is 5300. The second kappa shape index (κ2) is 49.4. The summed E-state index contributed by atoms with van der Waals surface area (Å²) in [6.07, 6.45) is -2.64. The van der Waals surface area contributed by atoms with Gasteiger partial charge in [0.25, 0.3) is 0 Å². The molecular weight excluding hydrogens is 2490 g/mol. The molecular formula is C83H62F20N24Pt4-12. The van der Waals surface area contributed by atoms with Crippen LogP contribution in [0.1, 0.15) is 48.6 Å². The van der Waals surface area contributed by atoms with Gasteiger partial charge in [-0.15, -0.1) is 75.2 Å². The molecule has 4 aliphatic rings. The molecule has 706 valence electrons. The van der Waals surface area contributed by atoms with Crippen molar-refractivity contribution in [3.8, 4) is 45.3 Å². The topological polar surface area (TPSA) is 220 Å². The van der Waals surface area contributed by atoms with Gasteiger partial charge in [-0.1, -0.05) is 124 Å². The molecule has 4 aromatic carbocycles. The van der Waals surface area contributed by atoms with E-state index in [2.05, 4.69) is 145 Å². The third-order valence-electron chi connectivity index (χ3n) is 16.0. The summed E-state index contributed by atoms with van der Waals surface area (Å²) in [5, 5.41) is 21.6. The van der Waals surface area contributed by atoms with Gasteiger partial charge in [0.05, 0.1) is 37.0 Å². The molecule has 0 unspecified atom stereocenters. The summed E-state index contributed by atoms with van der Waals surface area (Å²) < 4.78 is 251. The van der Waals surface area contributed by atoms with Crippen molar-refractivity contribution in [3.05, 3.63) is 315 Å². The quantitative estimate of drug-likeness (QED) is 0.0744. The number of alkyl halides is 12. The number of halogens is 20. The zero-order chi connectivity index (χ0) is 92.7. The van der Waals surface area contributed by atoms with E-state index in [9.17, 15) is 87.8 Å². The van der Waals surface area contributed by atoms with Crippen molar-refractivity contribution >= 4 is 53.8 Å². The van der Waals surface area contributed by atoms with Crippen molar-refractivity contribution in [1.29, 1.82) is 0 Å². The summed E-state index contributed by atoms with van der Waals surface area (Å²) in [7, 11) is 10.8. The van der Waals surface area contributed by atoms with Gasteiger partial charge in [-0.05, 0) is 68.8 Å². The van der Waals surface area contributed by atoms with E-state index < -0.39 is 94.5 Å². The van der Waals surface area contributed by atoms with Gasteiger partial charge in [0.2, 0.25) is 0 Å². The molecule has 0 radical (unpaired) electrons. The Balaban J connectivity index is 0.000000264. The number of anilines is 5. The molecule has 0 atom stereocenters. The van der Waals surface area contributed by atoms with Gasteiger partial charge >= 0.3 is 24.7 Å². The van der Waals surface area contributed by atoms with E-state index in [1.807, 2.05) is 25.1 Å². The monoisotopic (exact) mass is 2550 g/mol. The van der Waals surface area contributed by atoms with E-state index in [4.69, 9.17) is 0 Å². The van der Waals surface area contributed by atoms with Crippen LogP contribution in [0.3, 0.4) is 0 Å². The van der Waals surface area contributed by atoms with E-state index in [1.54, 1.807) is 136 Å². The number of hydrogen-bond donors (Lipinski definition) is 0. The average Bonchev–Trinajstić information content (AvgIpc) is 1.67. The van der Waals surface area contributed by atoms with Crippen molar-refractivity contribution < 1.29 is 172 Å². The van der Waals surface area contributed by atoms with Crippen LogP contribution in [-0.4, -0.2) is 142 Å². The Morgan fingerprint density at radius 2 is 0.603 bits per heavy atom. The van der Waals surface area contributed by atoms with Crippen LogP contribution in [0.15, 0.2) is 185 Å². The maximum absolute atomic E-state index is 13.5. The summed E-state index contributed by atoms with van der Waals surface area (Å²) in [4.78, 5) is 47.5. The Morgan fingerprint density at radius 1 is 0.321 bits per heavy atom. The van der Waals surface area contributed by atoms with Crippen LogP contribution < -0.4 is 24.9 Å². The number of hydrazone groups is 4. The van der Waals surface area contributed by atoms with Crippen LogP contribution in [-0.2, 0) is 114 Å². The Morgan fingerprint density at radius 3 is 0.855 bits per heavy atom. The zero-order valence-corrected chi connectivity index (χ0v) is 77.4. The van der Waals surface area contributed by atoms with Crippen molar-refractivity contribution in [2.24, 2.45) is 20.4 Å². The van der Waals surface area contributed by atoms with Gasteiger partial charge in [0.1, 0.15) is 60.2 Å². The van der Waals surface area contributed by atoms with Crippen LogP contribution in [0.5, 0.6) is 0 Å². The molecule has 0 N–H and O–H groups in total. The summed E-state index contributed by atoms with van der Waals surface area (Å²) in [6, 6.07) is 45.5. The van der Waals surface area contributed by atoms with Crippen LogP contribution in [0.25, 0.3) is 45.3 Å². The van der Waals surface area contributed by atoms with Crippen LogP contribution in [0.4, 0.5) is 116 Å². The molecule has 12 aromatic rings. The number of aromatic nitrogens is 11. The van der Waals surface area contributed by atoms with Gasteiger partial charge < -0.3 is 54.5 Å². The van der Waals surface area contributed by atoms with Crippen LogP contribution >= 0.6 is 0 Å². The second-order valence-corrected chi connectivity index (χ2v) is 26.8. The minimum atomic E-state index is -4.33. The number of nitrogens with zero attached hydrogens (tertiary/aromatic N) is 24. The molecule has 0 spiro atoms. The fraction of sp³-hybridized carbons (Fsp3) is 0.169. The first-order valence-corrected chi connectivity index (χ1v) is 35.8. The third kappa shape index (κ3) is 33.5. The maximum Gasteiger partial charge on any atom is 0.370 e. The van der Waals surface area contributed by atoms with Gasteiger partial charge in [-0.25, -0.2) is 40.1 Å². The summed E-state index contributed by atoms with van der Waals surface area (Å²) >= 11 is 0. The predicted octanol–water partition coefficient (Wildman–Crippen LogP) is 17.7. The molecule has 131 heavy (non-hydrogen) atoms.